The molecule has 1 fully saturated rings. The van der Waals surface area contributed by atoms with Gasteiger partial charge in [0.15, 0.2) is 0 Å². The van der Waals surface area contributed by atoms with Crippen molar-refractivity contribution in [1.29, 1.82) is 0 Å². The van der Waals surface area contributed by atoms with Gasteiger partial charge in [-0.25, -0.2) is 4.79 Å². The van der Waals surface area contributed by atoms with E-state index in [1.54, 1.807) is 0 Å². The van der Waals surface area contributed by atoms with Gasteiger partial charge in [0.05, 0.1) is 5.25 Å². The number of amides is 3. The molecule has 5 heteroatoms. The third-order valence-corrected chi connectivity index (χ3v) is 4.34. The first-order chi connectivity index (χ1) is 8.99. The van der Waals surface area contributed by atoms with Crippen molar-refractivity contribution in [1.82, 2.24) is 10.2 Å². The van der Waals surface area contributed by atoms with E-state index >= 15 is 0 Å². The van der Waals surface area contributed by atoms with E-state index in [-0.39, 0.29) is 17.2 Å². The number of benzene rings is 1. The zero-order valence-electron chi connectivity index (χ0n) is 11.4. The Kier molecular flexibility index (Phi) is 4.14. The fourth-order valence-electron chi connectivity index (χ4n) is 1.94. The predicted octanol–water partition coefficient (Wildman–Crippen LogP) is 2.34. The summed E-state index contributed by atoms with van der Waals surface area (Å²) >= 11 is 1.49. The molecule has 0 radical (unpaired) electrons. The molecule has 1 aromatic carbocycles. The Bertz CT molecular complexity index is 516. The number of hydrogen-bond donors (Lipinski definition) is 1. The number of carbonyl (C=O) groups is 2. The lowest BCUT2D eigenvalue weighted by Gasteiger charge is -2.17. The van der Waals surface area contributed by atoms with Gasteiger partial charge in [0.2, 0.25) is 5.91 Å². The minimum absolute atomic E-state index is 0.127. The van der Waals surface area contributed by atoms with Gasteiger partial charge >= 0.3 is 6.03 Å². The van der Waals surface area contributed by atoms with E-state index in [9.17, 15) is 9.59 Å². The van der Waals surface area contributed by atoms with Gasteiger partial charge in [0, 0.05) is 18.0 Å². The zero-order chi connectivity index (χ0) is 14.0. The molecular weight excluding hydrogens is 260 g/mol. The molecule has 1 heterocycles. The van der Waals surface area contributed by atoms with Crippen LogP contribution in [0.3, 0.4) is 0 Å². The average Bonchev–Trinajstić information content (AvgIpc) is 2.79. The van der Waals surface area contributed by atoms with Crippen molar-refractivity contribution in [3.63, 3.8) is 0 Å². The Morgan fingerprint density at radius 3 is 2.68 bits per heavy atom. The summed E-state index contributed by atoms with van der Waals surface area (Å²) in [6.45, 7) is 6.97. The third-order valence-electron chi connectivity index (χ3n) is 3.26. The summed E-state index contributed by atoms with van der Waals surface area (Å²) in [6.07, 6.45) is 0. The average molecular weight is 278 g/mol. The van der Waals surface area contributed by atoms with Gasteiger partial charge in [0.25, 0.3) is 0 Å². The maximum atomic E-state index is 12.2. The van der Waals surface area contributed by atoms with Crippen molar-refractivity contribution in [3.05, 3.63) is 29.3 Å². The lowest BCUT2D eigenvalue weighted by molar-refractivity contribution is -0.126. The number of hydrogen-bond acceptors (Lipinski definition) is 3. The molecule has 0 saturated carbocycles. The molecular formula is C14H18N2O2S. The monoisotopic (exact) mass is 278 g/mol. The summed E-state index contributed by atoms with van der Waals surface area (Å²) in [4.78, 5) is 26.0. The van der Waals surface area contributed by atoms with Crippen molar-refractivity contribution < 1.29 is 9.59 Å². The van der Waals surface area contributed by atoms with Crippen LogP contribution in [0.15, 0.2) is 23.1 Å². The summed E-state index contributed by atoms with van der Waals surface area (Å²) in [6, 6.07) is 5.86. The molecule has 2 rings (SSSR count). The van der Waals surface area contributed by atoms with Gasteiger partial charge in [-0.3, -0.25) is 9.69 Å². The first-order valence-corrected chi connectivity index (χ1v) is 7.20. The second kappa shape index (κ2) is 5.65. The molecule has 1 aliphatic rings. The van der Waals surface area contributed by atoms with E-state index in [0.29, 0.717) is 13.1 Å². The largest absolute Gasteiger partial charge is 0.336 e. The molecule has 1 saturated heterocycles. The maximum absolute atomic E-state index is 12.2. The topological polar surface area (TPSA) is 49.4 Å². The molecule has 0 aliphatic carbocycles. The van der Waals surface area contributed by atoms with Crippen LogP contribution >= 0.6 is 11.8 Å². The highest BCUT2D eigenvalue weighted by Gasteiger charge is 2.30. The molecule has 0 bridgehead atoms. The van der Waals surface area contributed by atoms with Crippen molar-refractivity contribution in [3.8, 4) is 0 Å². The molecule has 19 heavy (non-hydrogen) atoms. The molecule has 0 spiro atoms. The molecule has 1 aliphatic heterocycles. The fourth-order valence-corrected chi connectivity index (χ4v) is 2.97. The molecule has 1 N–H and O–H groups in total. The van der Waals surface area contributed by atoms with Crippen LogP contribution in [-0.2, 0) is 4.79 Å². The minimum Gasteiger partial charge on any atom is -0.336 e. The van der Waals surface area contributed by atoms with Gasteiger partial charge in [-0.2, -0.15) is 0 Å². The lowest BCUT2D eigenvalue weighted by Crippen LogP contribution is -2.38. The number of rotatable bonds is 3. The Balaban J connectivity index is 2.03. The van der Waals surface area contributed by atoms with Crippen LogP contribution in [-0.4, -0.2) is 35.2 Å². The Morgan fingerprint density at radius 1 is 1.37 bits per heavy atom. The lowest BCUT2D eigenvalue weighted by atomic mass is 10.1. The quantitative estimate of drug-likeness (QED) is 0.863. The van der Waals surface area contributed by atoms with Crippen LogP contribution < -0.4 is 5.32 Å². The van der Waals surface area contributed by atoms with E-state index in [2.05, 4.69) is 31.3 Å². The fraction of sp³-hybridized carbons (Fsp3) is 0.429. The number of thioether (sulfide) groups is 1. The van der Waals surface area contributed by atoms with E-state index in [0.717, 1.165) is 4.90 Å². The van der Waals surface area contributed by atoms with Gasteiger partial charge in [-0.1, -0.05) is 6.07 Å². The highest BCUT2D eigenvalue weighted by atomic mass is 32.2. The van der Waals surface area contributed by atoms with E-state index in [1.165, 1.54) is 27.8 Å². The van der Waals surface area contributed by atoms with Crippen molar-refractivity contribution in [2.24, 2.45) is 0 Å². The number of aryl methyl sites for hydroxylation is 2. The Morgan fingerprint density at radius 2 is 2.11 bits per heavy atom. The molecule has 1 aromatic rings. The second-order valence-electron chi connectivity index (χ2n) is 4.73. The normalized spacial score (nSPS) is 16.4. The highest BCUT2D eigenvalue weighted by Crippen LogP contribution is 2.26. The number of urea groups is 1. The van der Waals surface area contributed by atoms with Gasteiger partial charge in [-0.15, -0.1) is 11.8 Å². The van der Waals surface area contributed by atoms with Crippen molar-refractivity contribution in [2.45, 2.75) is 30.9 Å². The Labute approximate surface area is 117 Å². The minimum atomic E-state index is -0.280. The van der Waals surface area contributed by atoms with Crippen LogP contribution in [0.25, 0.3) is 0 Å². The molecule has 3 amide bonds. The van der Waals surface area contributed by atoms with Gasteiger partial charge in [0.1, 0.15) is 0 Å². The van der Waals surface area contributed by atoms with E-state index in [1.807, 2.05) is 13.0 Å². The number of nitrogens with one attached hydrogen (secondary N) is 1. The number of nitrogens with zero attached hydrogens (tertiary/aromatic N) is 1. The number of imide groups is 1. The van der Waals surface area contributed by atoms with E-state index < -0.39 is 0 Å². The van der Waals surface area contributed by atoms with Gasteiger partial charge in [-0.05, 0) is 44.0 Å². The van der Waals surface area contributed by atoms with E-state index in [4.69, 9.17) is 0 Å². The third kappa shape index (κ3) is 3.10. The molecule has 0 aromatic heterocycles. The summed E-state index contributed by atoms with van der Waals surface area (Å²) in [5.41, 5.74) is 2.45. The molecule has 1 atom stereocenters. The smallest absolute Gasteiger partial charge is 0.324 e. The second-order valence-corrected chi connectivity index (χ2v) is 6.14. The predicted molar refractivity (Wildman–Crippen MR) is 76.3 cm³/mol. The van der Waals surface area contributed by atoms with Crippen molar-refractivity contribution >= 4 is 23.7 Å². The van der Waals surface area contributed by atoms with Crippen LogP contribution in [0.2, 0.25) is 0 Å². The zero-order valence-corrected chi connectivity index (χ0v) is 12.2. The summed E-state index contributed by atoms with van der Waals surface area (Å²) < 4.78 is 0. The van der Waals surface area contributed by atoms with Crippen LogP contribution in [0.5, 0.6) is 0 Å². The summed E-state index contributed by atoms with van der Waals surface area (Å²) in [5, 5.41) is 2.38. The molecule has 102 valence electrons. The summed E-state index contributed by atoms with van der Waals surface area (Å²) in [7, 11) is 0. The standard InChI is InChI=1S/C14H18N2O2S/c1-9-4-5-12(8-10(9)2)19-11(3)13(17)16-7-6-15-14(16)18/h4-5,8,11H,6-7H2,1-3H3,(H,15,18). The number of carbonyl (C=O) groups excluding carboxylic acids is 2. The van der Waals surface area contributed by atoms with Crippen LogP contribution in [0.4, 0.5) is 4.79 Å². The maximum Gasteiger partial charge on any atom is 0.324 e. The molecule has 4 nitrogen and oxygen atoms in total. The van der Waals surface area contributed by atoms with Crippen molar-refractivity contribution in [2.75, 3.05) is 13.1 Å². The summed E-state index contributed by atoms with van der Waals surface area (Å²) in [5.74, 6) is -0.127. The molecule has 1 unspecified atom stereocenters. The first-order valence-electron chi connectivity index (χ1n) is 6.32. The van der Waals surface area contributed by atoms with Crippen LogP contribution in [0, 0.1) is 13.8 Å². The SMILES string of the molecule is Cc1ccc(SC(C)C(=O)N2CCNC2=O)cc1C. The Hall–Kier alpha value is -1.49. The highest BCUT2D eigenvalue weighted by molar-refractivity contribution is 8.00. The van der Waals surface area contributed by atoms with Crippen LogP contribution in [0.1, 0.15) is 18.1 Å². The van der Waals surface area contributed by atoms with Gasteiger partial charge < -0.3 is 5.32 Å². The first kappa shape index (κ1) is 13.9.